The number of nitrogens with two attached hydrogens (primary N) is 1. The molecule has 2 rings (SSSR count). The van der Waals surface area contributed by atoms with Crippen molar-refractivity contribution in [2.75, 3.05) is 18.0 Å². The van der Waals surface area contributed by atoms with Crippen LogP contribution in [0.2, 0.25) is 0 Å². The van der Waals surface area contributed by atoms with Crippen molar-refractivity contribution in [2.45, 2.75) is 52.0 Å². The number of hydrogen-bond acceptors (Lipinski definition) is 4. The van der Waals surface area contributed by atoms with Gasteiger partial charge in [0.15, 0.2) is 0 Å². The molecule has 2 N–H and O–H groups in total. The van der Waals surface area contributed by atoms with Gasteiger partial charge in [-0.2, -0.15) is 0 Å². The molecular weight excluding hydrogens is 224 g/mol. The minimum atomic E-state index is 0.609. The van der Waals surface area contributed by atoms with Crippen LogP contribution in [-0.4, -0.2) is 29.1 Å². The Labute approximate surface area is 110 Å². The molecule has 0 saturated heterocycles. The molecule has 0 aliphatic heterocycles. The summed E-state index contributed by atoms with van der Waals surface area (Å²) in [5, 5.41) is 0. The lowest BCUT2D eigenvalue weighted by Crippen LogP contribution is -2.36. The maximum Gasteiger partial charge on any atom is 0.226 e. The topological polar surface area (TPSA) is 55.0 Å². The number of aromatic nitrogens is 2. The van der Waals surface area contributed by atoms with Crippen LogP contribution in [-0.2, 0) is 0 Å². The van der Waals surface area contributed by atoms with E-state index < -0.39 is 0 Å². The first-order valence-electron chi connectivity index (χ1n) is 6.99. The van der Waals surface area contributed by atoms with Crippen LogP contribution in [0.25, 0.3) is 0 Å². The molecule has 1 fully saturated rings. The van der Waals surface area contributed by atoms with E-state index in [2.05, 4.69) is 14.9 Å². The van der Waals surface area contributed by atoms with Crippen molar-refractivity contribution in [3.05, 3.63) is 17.5 Å². The summed E-state index contributed by atoms with van der Waals surface area (Å²) >= 11 is 0. The molecule has 4 heteroatoms. The third-order valence-corrected chi connectivity index (χ3v) is 3.60. The Morgan fingerprint density at radius 3 is 2.39 bits per heavy atom. The second-order valence-electron chi connectivity index (χ2n) is 5.22. The highest BCUT2D eigenvalue weighted by atomic mass is 15.3. The first kappa shape index (κ1) is 13.3. The monoisotopic (exact) mass is 248 g/mol. The van der Waals surface area contributed by atoms with Crippen molar-refractivity contribution < 1.29 is 0 Å². The van der Waals surface area contributed by atoms with Gasteiger partial charge < -0.3 is 10.6 Å². The van der Waals surface area contributed by atoms with E-state index >= 15 is 0 Å². The first-order valence-corrected chi connectivity index (χ1v) is 6.99. The predicted molar refractivity (Wildman–Crippen MR) is 74.8 cm³/mol. The lowest BCUT2D eigenvalue weighted by Gasteiger charge is -2.29. The number of aryl methyl sites for hydroxylation is 2. The Balaban J connectivity index is 2.20. The maximum absolute atomic E-state index is 5.65. The van der Waals surface area contributed by atoms with E-state index in [0.717, 1.165) is 36.8 Å². The summed E-state index contributed by atoms with van der Waals surface area (Å²) in [7, 11) is 0. The van der Waals surface area contributed by atoms with E-state index in [1.54, 1.807) is 0 Å². The Kier molecular flexibility index (Phi) is 4.53. The molecule has 1 aliphatic rings. The minimum absolute atomic E-state index is 0.609. The first-order chi connectivity index (χ1) is 8.70. The third-order valence-electron chi connectivity index (χ3n) is 3.60. The average Bonchev–Trinajstić information content (AvgIpc) is 2.82. The predicted octanol–water partition coefficient (Wildman–Crippen LogP) is 2.19. The number of hydrogen-bond donors (Lipinski definition) is 1. The summed E-state index contributed by atoms with van der Waals surface area (Å²) in [6.07, 6.45) is 6.19. The zero-order chi connectivity index (χ0) is 13.0. The van der Waals surface area contributed by atoms with Gasteiger partial charge in [-0.1, -0.05) is 12.8 Å². The van der Waals surface area contributed by atoms with Crippen LogP contribution in [0.1, 0.15) is 43.5 Å². The molecule has 1 aliphatic carbocycles. The zero-order valence-corrected chi connectivity index (χ0v) is 11.5. The van der Waals surface area contributed by atoms with E-state index in [1.807, 2.05) is 19.9 Å². The van der Waals surface area contributed by atoms with Gasteiger partial charge in [-0.05, 0) is 45.7 Å². The van der Waals surface area contributed by atoms with Crippen LogP contribution in [0, 0.1) is 13.8 Å². The quantitative estimate of drug-likeness (QED) is 0.868. The zero-order valence-electron chi connectivity index (χ0n) is 11.5. The number of nitrogens with zero attached hydrogens (tertiary/aromatic N) is 3. The Bertz CT molecular complexity index is 365. The molecule has 0 spiro atoms. The van der Waals surface area contributed by atoms with E-state index in [0.29, 0.717) is 6.04 Å². The molecule has 0 aromatic carbocycles. The van der Waals surface area contributed by atoms with E-state index in [4.69, 9.17) is 5.73 Å². The SMILES string of the molecule is Cc1cc(C)nc(N(CCCN)C2CCCC2)n1. The second-order valence-corrected chi connectivity index (χ2v) is 5.22. The van der Waals surface area contributed by atoms with Crippen LogP contribution in [0.3, 0.4) is 0 Å². The maximum atomic E-state index is 5.65. The summed E-state index contributed by atoms with van der Waals surface area (Å²) in [6.45, 7) is 5.78. The summed E-state index contributed by atoms with van der Waals surface area (Å²) in [5.74, 6) is 0.896. The van der Waals surface area contributed by atoms with Crippen molar-refractivity contribution in [3.63, 3.8) is 0 Å². The molecule has 0 atom stereocenters. The molecule has 1 aromatic heterocycles. The van der Waals surface area contributed by atoms with Gasteiger partial charge in [0.1, 0.15) is 0 Å². The van der Waals surface area contributed by atoms with E-state index in [-0.39, 0.29) is 0 Å². The van der Waals surface area contributed by atoms with Crippen molar-refractivity contribution in [1.29, 1.82) is 0 Å². The van der Waals surface area contributed by atoms with Crippen LogP contribution >= 0.6 is 0 Å². The Hall–Kier alpha value is -1.16. The number of rotatable bonds is 5. The molecule has 1 aromatic rings. The molecular formula is C14H24N4. The molecule has 100 valence electrons. The third kappa shape index (κ3) is 3.19. The van der Waals surface area contributed by atoms with E-state index in [1.165, 1.54) is 25.7 Å². The number of anilines is 1. The van der Waals surface area contributed by atoms with Gasteiger partial charge in [0, 0.05) is 24.0 Å². The van der Waals surface area contributed by atoms with Gasteiger partial charge in [0.05, 0.1) is 0 Å². The molecule has 0 unspecified atom stereocenters. The van der Waals surface area contributed by atoms with Crippen molar-refractivity contribution in [2.24, 2.45) is 5.73 Å². The van der Waals surface area contributed by atoms with Crippen molar-refractivity contribution in [3.8, 4) is 0 Å². The lowest BCUT2D eigenvalue weighted by molar-refractivity contribution is 0.578. The highest BCUT2D eigenvalue weighted by Crippen LogP contribution is 2.26. The smallest absolute Gasteiger partial charge is 0.226 e. The van der Waals surface area contributed by atoms with Crippen LogP contribution in [0.5, 0.6) is 0 Å². The van der Waals surface area contributed by atoms with Gasteiger partial charge in [-0.25, -0.2) is 9.97 Å². The molecule has 0 radical (unpaired) electrons. The van der Waals surface area contributed by atoms with Gasteiger partial charge >= 0.3 is 0 Å². The second kappa shape index (κ2) is 6.14. The van der Waals surface area contributed by atoms with Gasteiger partial charge in [0.2, 0.25) is 5.95 Å². The average molecular weight is 248 g/mol. The highest BCUT2D eigenvalue weighted by molar-refractivity contribution is 5.34. The molecule has 0 bridgehead atoms. The Morgan fingerprint density at radius 1 is 1.22 bits per heavy atom. The fourth-order valence-electron chi connectivity index (χ4n) is 2.76. The van der Waals surface area contributed by atoms with E-state index in [9.17, 15) is 0 Å². The standard InChI is InChI=1S/C14H24N4/c1-11-10-12(2)17-14(16-11)18(9-5-8-15)13-6-3-4-7-13/h10,13H,3-9,15H2,1-2H3. The van der Waals surface area contributed by atoms with Crippen molar-refractivity contribution >= 4 is 5.95 Å². The molecule has 18 heavy (non-hydrogen) atoms. The molecule has 1 saturated carbocycles. The normalized spacial score (nSPS) is 16.2. The summed E-state index contributed by atoms with van der Waals surface area (Å²) < 4.78 is 0. The van der Waals surface area contributed by atoms with Gasteiger partial charge in [-0.3, -0.25) is 0 Å². The van der Waals surface area contributed by atoms with Crippen LogP contribution in [0.15, 0.2) is 6.07 Å². The largest absolute Gasteiger partial charge is 0.338 e. The van der Waals surface area contributed by atoms with Crippen LogP contribution < -0.4 is 10.6 Å². The van der Waals surface area contributed by atoms with Gasteiger partial charge in [0.25, 0.3) is 0 Å². The molecule has 1 heterocycles. The van der Waals surface area contributed by atoms with Gasteiger partial charge in [-0.15, -0.1) is 0 Å². The molecule has 0 amide bonds. The summed E-state index contributed by atoms with van der Waals surface area (Å²) in [4.78, 5) is 11.6. The minimum Gasteiger partial charge on any atom is -0.338 e. The summed E-state index contributed by atoms with van der Waals surface area (Å²) in [6, 6.07) is 2.64. The van der Waals surface area contributed by atoms with Crippen molar-refractivity contribution in [1.82, 2.24) is 9.97 Å². The lowest BCUT2D eigenvalue weighted by atomic mass is 10.2. The fraction of sp³-hybridized carbons (Fsp3) is 0.714. The van der Waals surface area contributed by atoms with Crippen LogP contribution in [0.4, 0.5) is 5.95 Å². The summed E-state index contributed by atoms with van der Waals surface area (Å²) in [5.41, 5.74) is 7.74. The molecule has 4 nitrogen and oxygen atoms in total. The fourth-order valence-corrected chi connectivity index (χ4v) is 2.76. The Morgan fingerprint density at radius 2 is 1.83 bits per heavy atom. The highest BCUT2D eigenvalue weighted by Gasteiger charge is 2.24.